The Balaban J connectivity index is 1.71. The minimum absolute atomic E-state index is 0.129. The number of halogens is 2. The Kier molecular flexibility index (Phi) is 4.19. The Morgan fingerprint density at radius 2 is 1.96 bits per heavy atom. The lowest BCUT2D eigenvalue weighted by atomic mass is 10.1. The average Bonchev–Trinajstić information content (AvgIpc) is 3.02. The van der Waals surface area contributed by atoms with E-state index in [-0.39, 0.29) is 12.3 Å². The molecule has 0 fully saturated rings. The third-order valence-electron chi connectivity index (χ3n) is 4.27. The fourth-order valence-corrected chi connectivity index (χ4v) is 3.05. The van der Waals surface area contributed by atoms with Crippen LogP contribution in [0, 0.1) is 11.6 Å². The molecule has 0 bridgehead atoms. The van der Waals surface area contributed by atoms with Crippen molar-refractivity contribution in [3.05, 3.63) is 77.1 Å². The molecule has 0 amide bonds. The van der Waals surface area contributed by atoms with Crippen molar-refractivity contribution in [3.8, 4) is 11.4 Å². The maximum absolute atomic E-state index is 14.2. The lowest BCUT2D eigenvalue weighted by Gasteiger charge is -2.16. The van der Waals surface area contributed by atoms with Crippen molar-refractivity contribution < 1.29 is 13.5 Å². The van der Waals surface area contributed by atoms with Crippen LogP contribution in [0.5, 0.6) is 5.75 Å². The molecule has 2 aromatic carbocycles. The third-order valence-corrected chi connectivity index (χ3v) is 4.27. The first-order valence-electron chi connectivity index (χ1n) is 8.16. The van der Waals surface area contributed by atoms with Gasteiger partial charge in [0.15, 0.2) is 0 Å². The summed E-state index contributed by atoms with van der Waals surface area (Å²) in [7, 11) is 0. The summed E-state index contributed by atoms with van der Waals surface area (Å²) in [6.07, 6.45) is 0.698. The highest BCUT2D eigenvalue weighted by Gasteiger charge is 2.23. The Bertz CT molecular complexity index is 893. The van der Waals surface area contributed by atoms with Crippen LogP contribution in [0.4, 0.5) is 8.78 Å². The van der Waals surface area contributed by atoms with Gasteiger partial charge in [-0.05, 0) is 24.3 Å². The predicted molar refractivity (Wildman–Crippen MR) is 89.7 cm³/mol. The normalized spacial score (nSPS) is 13.5. The molecule has 0 spiro atoms. The van der Waals surface area contributed by atoms with Gasteiger partial charge in [-0.25, -0.2) is 13.5 Å². The molecule has 0 unspecified atom stereocenters. The minimum atomic E-state index is -0.499. The summed E-state index contributed by atoms with van der Waals surface area (Å²) < 4.78 is 35.1. The van der Waals surface area contributed by atoms with Crippen LogP contribution in [0.25, 0.3) is 5.69 Å². The maximum Gasteiger partial charge on any atom is 0.149 e. The lowest BCUT2D eigenvalue weighted by molar-refractivity contribution is 0.299. The molecule has 0 aliphatic carbocycles. The van der Waals surface area contributed by atoms with Crippen molar-refractivity contribution >= 4 is 0 Å². The number of aromatic nitrogens is 2. The minimum Gasteiger partial charge on any atom is -0.487 e. The molecule has 1 aliphatic rings. The quantitative estimate of drug-likeness (QED) is 0.791. The van der Waals surface area contributed by atoms with Gasteiger partial charge in [-0.15, -0.1) is 0 Å². The Morgan fingerprint density at radius 3 is 2.80 bits per heavy atom. The monoisotopic (exact) mass is 341 g/mol. The number of para-hydroxylation sites is 1. The van der Waals surface area contributed by atoms with Crippen LogP contribution in [0.3, 0.4) is 0 Å². The van der Waals surface area contributed by atoms with E-state index in [0.29, 0.717) is 13.0 Å². The van der Waals surface area contributed by atoms with Crippen LogP contribution in [0.15, 0.2) is 48.5 Å². The maximum atomic E-state index is 14.2. The van der Waals surface area contributed by atoms with E-state index < -0.39 is 11.6 Å². The van der Waals surface area contributed by atoms with Gasteiger partial charge in [0.2, 0.25) is 0 Å². The molecule has 6 heteroatoms. The number of nitrogens with zero attached hydrogens (tertiary/aromatic N) is 2. The second-order valence-corrected chi connectivity index (χ2v) is 5.91. The molecular weight excluding hydrogens is 324 g/mol. The van der Waals surface area contributed by atoms with Crippen molar-refractivity contribution in [1.29, 1.82) is 0 Å². The molecule has 1 aromatic heterocycles. The molecule has 0 radical (unpaired) electrons. The van der Waals surface area contributed by atoms with Crippen LogP contribution in [-0.2, 0) is 19.6 Å². The van der Waals surface area contributed by atoms with E-state index in [1.165, 1.54) is 10.7 Å². The summed E-state index contributed by atoms with van der Waals surface area (Å²) >= 11 is 0. The summed E-state index contributed by atoms with van der Waals surface area (Å²) in [4.78, 5) is 0. The van der Waals surface area contributed by atoms with Crippen LogP contribution >= 0.6 is 0 Å². The van der Waals surface area contributed by atoms with Crippen LogP contribution in [0.1, 0.15) is 17.0 Å². The largest absolute Gasteiger partial charge is 0.487 e. The van der Waals surface area contributed by atoms with Crippen LogP contribution in [-0.4, -0.2) is 16.3 Å². The van der Waals surface area contributed by atoms with Gasteiger partial charge >= 0.3 is 0 Å². The van der Waals surface area contributed by atoms with Gasteiger partial charge in [0.25, 0.3) is 0 Å². The number of ether oxygens (including phenoxy) is 1. The fraction of sp³-hybridized carbons (Fsp3) is 0.211. The van der Waals surface area contributed by atoms with Gasteiger partial charge in [0.1, 0.15) is 35.4 Å². The fourth-order valence-electron chi connectivity index (χ4n) is 3.05. The number of nitrogens with one attached hydrogen (secondary N) is 1. The van der Waals surface area contributed by atoms with Gasteiger partial charge < -0.3 is 10.1 Å². The first-order chi connectivity index (χ1) is 12.2. The molecule has 25 heavy (non-hydrogen) atoms. The second-order valence-electron chi connectivity index (χ2n) is 5.91. The number of hydrogen-bond acceptors (Lipinski definition) is 3. The first kappa shape index (κ1) is 15.8. The topological polar surface area (TPSA) is 39.1 Å². The van der Waals surface area contributed by atoms with Crippen LogP contribution in [0.2, 0.25) is 0 Å². The van der Waals surface area contributed by atoms with Crippen LogP contribution < -0.4 is 10.1 Å². The molecule has 2 heterocycles. The zero-order chi connectivity index (χ0) is 17.2. The Hall–Kier alpha value is -2.73. The van der Waals surface area contributed by atoms with Crippen molar-refractivity contribution in [2.45, 2.75) is 19.6 Å². The van der Waals surface area contributed by atoms with E-state index in [2.05, 4.69) is 10.4 Å². The molecule has 0 atom stereocenters. The van der Waals surface area contributed by atoms with E-state index in [1.54, 1.807) is 0 Å². The van der Waals surface area contributed by atoms with E-state index in [4.69, 9.17) is 4.74 Å². The SMILES string of the molecule is Fc1ccc(F)c(-n2nc(COc3ccccc3)c3c2CCNC3)c1. The zero-order valence-electron chi connectivity index (χ0n) is 13.5. The third kappa shape index (κ3) is 3.13. The molecule has 128 valence electrons. The van der Waals surface area contributed by atoms with Gasteiger partial charge in [-0.3, -0.25) is 0 Å². The van der Waals surface area contributed by atoms with E-state index in [0.717, 1.165) is 41.4 Å². The zero-order valence-corrected chi connectivity index (χ0v) is 13.5. The second kappa shape index (κ2) is 6.64. The van der Waals surface area contributed by atoms with E-state index in [1.807, 2.05) is 30.3 Å². The highest BCUT2D eigenvalue weighted by molar-refractivity contribution is 5.40. The van der Waals surface area contributed by atoms with Crippen molar-refractivity contribution in [2.24, 2.45) is 0 Å². The number of hydrogen-bond donors (Lipinski definition) is 1. The first-order valence-corrected chi connectivity index (χ1v) is 8.16. The van der Waals surface area contributed by atoms with Gasteiger partial charge in [0.05, 0.1) is 5.69 Å². The van der Waals surface area contributed by atoms with E-state index >= 15 is 0 Å². The summed E-state index contributed by atoms with van der Waals surface area (Å²) in [5, 5.41) is 7.82. The van der Waals surface area contributed by atoms with Gasteiger partial charge in [0, 0.05) is 31.1 Å². The van der Waals surface area contributed by atoms with Crippen molar-refractivity contribution in [2.75, 3.05) is 6.54 Å². The summed E-state index contributed by atoms with van der Waals surface area (Å²) in [5.41, 5.74) is 2.75. The molecular formula is C19H17F2N3O. The van der Waals surface area contributed by atoms with Gasteiger partial charge in [-0.1, -0.05) is 18.2 Å². The molecule has 4 nitrogen and oxygen atoms in total. The molecule has 3 aromatic rings. The van der Waals surface area contributed by atoms with E-state index in [9.17, 15) is 8.78 Å². The predicted octanol–water partition coefficient (Wildman–Crippen LogP) is 3.38. The molecule has 0 saturated heterocycles. The summed E-state index contributed by atoms with van der Waals surface area (Å²) in [6.45, 7) is 1.69. The summed E-state index contributed by atoms with van der Waals surface area (Å²) in [5.74, 6) is -0.246. The summed E-state index contributed by atoms with van der Waals surface area (Å²) in [6, 6.07) is 12.9. The molecule has 4 rings (SSSR count). The van der Waals surface area contributed by atoms with Crippen molar-refractivity contribution in [1.82, 2.24) is 15.1 Å². The standard InChI is InChI=1S/C19H17F2N3O/c20-13-6-7-16(21)19(10-13)24-18-8-9-22-11-15(18)17(23-24)12-25-14-4-2-1-3-5-14/h1-7,10,22H,8-9,11-12H2. The highest BCUT2D eigenvalue weighted by Crippen LogP contribution is 2.25. The molecule has 1 N–H and O–H groups in total. The van der Waals surface area contributed by atoms with Crippen molar-refractivity contribution in [3.63, 3.8) is 0 Å². The average molecular weight is 341 g/mol. The number of fused-ring (bicyclic) bond motifs is 1. The Labute approximate surface area is 144 Å². The number of benzene rings is 2. The van der Waals surface area contributed by atoms with Gasteiger partial charge in [-0.2, -0.15) is 5.10 Å². The smallest absolute Gasteiger partial charge is 0.149 e. The molecule has 1 aliphatic heterocycles. The highest BCUT2D eigenvalue weighted by atomic mass is 19.1. The lowest BCUT2D eigenvalue weighted by Crippen LogP contribution is -2.25. The Morgan fingerprint density at radius 1 is 1.12 bits per heavy atom. The number of rotatable bonds is 4. The molecule has 0 saturated carbocycles.